The number of carbonyl (C=O) groups excluding carboxylic acids is 1. The van der Waals surface area contributed by atoms with E-state index in [0.717, 1.165) is 21.6 Å². The van der Waals surface area contributed by atoms with Gasteiger partial charge in [-0.3, -0.25) is 4.79 Å². The second kappa shape index (κ2) is 7.96. The van der Waals surface area contributed by atoms with Gasteiger partial charge in [0, 0.05) is 37.1 Å². The van der Waals surface area contributed by atoms with Gasteiger partial charge < -0.3 is 4.90 Å². The van der Waals surface area contributed by atoms with Gasteiger partial charge in [-0.15, -0.1) is 11.3 Å². The molecule has 0 unspecified atom stereocenters. The Hall–Kier alpha value is -1.96. The van der Waals surface area contributed by atoms with E-state index in [1.54, 1.807) is 34.4 Å². The lowest BCUT2D eigenvalue weighted by Gasteiger charge is -2.33. The van der Waals surface area contributed by atoms with Crippen LogP contribution in [0.15, 0.2) is 40.6 Å². The van der Waals surface area contributed by atoms with Crippen molar-refractivity contribution in [2.45, 2.75) is 25.7 Å². The number of nitrogens with zero attached hydrogens (tertiary/aromatic N) is 2. The van der Waals surface area contributed by atoms with Gasteiger partial charge in [-0.2, -0.15) is 4.31 Å². The minimum atomic E-state index is -3.52. The maximum atomic E-state index is 12.9. The number of aryl methyl sites for hydroxylation is 3. The predicted octanol–water partition coefficient (Wildman–Crippen LogP) is 3.22. The second-order valence-corrected chi connectivity index (χ2v) is 9.66. The van der Waals surface area contributed by atoms with Crippen LogP contribution in [0, 0.1) is 20.8 Å². The Morgan fingerprint density at radius 2 is 1.70 bits per heavy atom. The first-order chi connectivity index (χ1) is 12.8. The third-order valence-corrected chi connectivity index (χ3v) is 7.82. The van der Waals surface area contributed by atoms with Gasteiger partial charge in [0.15, 0.2) is 0 Å². The number of sulfonamides is 1. The number of piperazine rings is 1. The van der Waals surface area contributed by atoms with Gasteiger partial charge in [0.1, 0.15) is 0 Å². The van der Waals surface area contributed by atoms with E-state index >= 15 is 0 Å². The lowest BCUT2D eigenvalue weighted by molar-refractivity contribution is -0.127. The molecular weight excluding hydrogens is 380 g/mol. The molecule has 0 radical (unpaired) electrons. The van der Waals surface area contributed by atoms with Crippen LogP contribution in [0.4, 0.5) is 0 Å². The summed E-state index contributed by atoms with van der Waals surface area (Å²) in [5, 5.41) is 2.00. The zero-order valence-corrected chi connectivity index (χ0v) is 17.4. The van der Waals surface area contributed by atoms with Gasteiger partial charge in [-0.05, 0) is 67.1 Å². The third-order valence-electron chi connectivity index (χ3n) is 4.95. The Morgan fingerprint density at radius 1 is 1.00 bits per heavy atom. The highest BCUT2D eigenvalue weighted by Crippen LogP contribution is 2.21. The molecule has 1 aromatic heterocycles. The number of benzene rings is 1. The number of carbonyl (C=O) groups is 1. The summed E-state index contributed by atoms with van der Waals surface area (Å²) >= 11 is 1.60. The number of hydrogen-bond acceptors (Lipinski definition) is 4. The van der Waals surface area contributed by atoms with Gasteiger partial charge in [0.2, 0.25) is 15.9 Å². The summed E-state index contributed by atoms with van der Waals surface area (Å²) < 4.78 is 27.2. The van der Waals surface area contributed by atoms with Crippen LogP contribution < -0.4 is 0 Å². The highest BCUT2D eigenvalue weighted by Gasteiger charge is 2.29. The van der Waals surface area contributed by atoms with Crippen molar-refractivity contribution in [2.24, 2.45) is 0 Å². The van der Waals surface area contributed by atoms with Crippen LogP contribution in [-0.4, -0.2) is 49.7 Å². The van der Waals surface area contributed by atoms with Gasteiger partial charge >= 0.3 is 0 Å². The summed E-state index contributed by atoms with van der Waals surface area (Å²) in [7, 11) is -3.52. The highest BCUT2D eigenvalue weighted by molar-refractivity contribution is 7.89. The molecule has 2 aromatic rings. The van der Waals surface area contributed by atoms with Crippen molar-refractivity contribution in [1.29, 1.82) is 0 Å². The summed E-state index contributed by atoms with van der Waals surface area (Å²) in [6.45, 7) is 7.30. The molecule has 1 aromatic carbocycles. The molecule has 5 nitrogen and oxygen atoms in total. The fourth-order valence-electron chi connectivity index (χ4n) is 2.98. The molecule has 1 fully saturated rings. The summed E-state index contributed by atoms with van der Waals surface area (Å²) in [5.41, 5.74) is 3.17. The molecule has 0 spiro atoms. The van der Waals surface area contributed by atoms with E-state index in [1.165, 1.54) is 4.31 Å². The molecule has 1 aliphatic heterocycles. The fraction of sp³-hybridized carbons (Fsp3) is 0.350. The molecule has 0 N–H and O–H groups in total. The maximum Gasteiger partial charge on any atom is 0.246 e. The Morgan fingerprint density at radius 3 is 2.30 bits per heavy atom. The van der Waals surface area contributed by atoms with Gasteiger partial charge in [0.25, 0.3) is 0 Å². The molecular formula is C20H24N2O3S2. The zero-order chi connectivity index (χ0) is 19.6. The van der Waals surface area contributed by atoms with Crippen molar-refractivity contribution in [3.63, 3.8) is 0 Å². The first kappa shape index (κ1) is 19.8. The Kier molecular flexibility index (Phi) is 5.83. The average molecular weight is 405 g/mol. The average Bonchev–Trinajstić information content (AvgIpc) is 3.07. The van der Waals surface area contributed by atoms with Crippen LogP contribution in [0.3, 0.4) is 0 Å². The number of hydrogen-bond donors (Lipinski definition) is 0. The molecule has 0 atom stereocenters. The molecule has 0 bridgehead atoms. The summed E-state index contributed by atoms with van der Waals surface area (Å²) in [6, 6.07) is 7.22. The lowest BCUT2D eigenvalue weighted by Crippen LogP contribution is -2.50. The van der Waals surface area contributed by atoms with Crippen molar-refractivity contribution >= 4 is 33.3 Å². The van der Waals surface area contributed by atoms with Crippen molar-refractivity contribution in [3.05, 3.63) is 57.3 Å². The fourth-order valence-corrected chi connectivity index (χ4v) is 5.31. The monoisotopic (exact) mass is 404 g/mol. The molecule has 1 amide bonds. The van der Waals surface area contributed by atoms with Crippen molar-refractivity contribution in [3.8, 4) is 0 Å². The van der Waals surface area contributed by atoms with Crippen molar-refractivity contribution in [2.75, 3.05) is 26.2 Å². The largest absolute Gasteiger partial charge is 0.337 e. The van der Waals surface area contributed by atoms with E-state index < -0.39 is 10.0 Å². The summed E-state index contributed by atoms with van der Waals surface area (Å²) in [5.74, 6) is -0.0778. The minimum absolute atomic E-state index is 0.0778. The third kappa shape index (κ3) is 4.31. The lowest BCUT2D eigenvalue weighted by atomic mass is 10.1. The van der Waals surface area contributed by atoms with Crippen LogP contribution in [0.5, 0.6) is 0 Å². The molecule has 144 valence electrons. The molecule has 7 heteroatoms. The SMILES string of the molecule is Cc1ccc(S(=O)(=O)N2CCN(C(=O)/C=C/c3sccc3C)CC2)cc1C. The first-order valence-corrected chi connectivity index (χ1v) is 11.2. The Labute approximate surface area is 165 Å². The van der Waals surface area contributed by atoms with E-state index in [2.05, 4.69) is 0 Å². The smallest absolute Gasteiger partial charge is 0.246 e. The zero-order valence-electron chi connectivity index (χ0n) is 15.8. The molecule has 0 aliphatic carbocycles. The van der Waals surface area contributed by atoms with Crippen LogP contribution >= 0.6 is 11.3 Å². The number of thiophene rings is 1. The van der Waals surface area contributed by atoms with Crippen LogP contribution in [-0.2, 0) is 14.8 Å². The topological polar surface area (TPSA) is 57.7 Å². The normalized spacial score (nSPS) is 16.2. The van der Waals surface area contributed by atoms with E-state index in [0.29, 0.717) is 31.1 Å². The van der Waals surface area contributed by atoms with Crippen LogP contribution in [0.25, 0.3) is 6.08 Å². The number of amides is 1. The second-order valence-electron chi connectivity index (χ2n) is 6.78. The van der Waals surface area contributed by atoms with E-state index in [4.69, 9.17) is 0 Å². The van der Waals surface area contributed by atoms with Gasteiger partial charge in [-0.1, -0.05) is 6.07 Å². The van der Waals surface area contributed by atoms with Crippen molar-refractivity contribution in [1.82, 2.24) is 9.21 Å². The molecule has 1 aliphatic rings. The Bertz CT molecular complexity index is 969. The quantitative estimate of drug-likeness (QED) is 0.735. The number of rotatable bonds is 4. The molecule has 3 rings (SSSR count). The molecule has 0 saturated carbocycles. The Balaban J connectivity index is 1.64. The van der Waals surface area contributed by atoms with E-state index in [9.17, 15) is 13.2 Å². The van der Waals surface area contributed by atoms with Crippen molar-refractivity contribution < 1.29 is 13.2 Å². The van der Waals surface area contributed by atoms with E-state index in [-0.39, 0.29) is 5.91 Å². The van der Waals surface area contributed by atoms with E-state index in [1.807, 2.05) is 44.4 Å². The minimum Gasteiger partial charge on any atom is -0.337 e. The first-order valence-electron chi connectivity index (χ1n) is 8.87. The standard InChI is InChI=1S/C20H24N2O3S2/c1-15-4-5-18(14-17(15)3)27(24,25)22-11-9-21(10-12-22)20(23)7-6-19-16(2)8-13-26-19/h4-8,13-14H,9-12H2,1-3H3/b7-6+. The predicted molar refractivity (Wildman–Crippen MR) is 109 cm³/mol. The molecule has 27 heavy (non-hydrogen) atoms. The van der Waals surface area contributed by atoms with Crippen LogP contribution in [0.1, 0.15) is 21.6 Å². The maximum absolute atomic E-state index is 12.9. The summed E-state index contributed by atoms with van der Waals surface area (Å²) in [6.07, 6.45) is 3.41. The van der Waals surface area contributed by atoms with Crippen LogP contribution in [0.2, 0.25) is 0 Å². The summed E-state index contributed by atoms with van der Waals surface area (Å²) in [4.78, 5) is 15.5. The molecule has 2 heterocycles. The van der Waals surface area contributed by atoms with Gasteiger partial charge in [-0.25, -0.2) is 8.42 Å². The molecule has 1 saturated heterocycles. The highest BCUT2D eigenvalue weighted by atomic mass is 32.2. The van der Waals surface area contributed by atoms with Gasteiger partial charge in [0.05, 0.1) is 4.90 Å².